The van der Waals surface area contributed by atoms with Crippen molar-refractivity contribution >= 4 is 22.9 Å². The van der Waals surface area contributed by atoms with Crippen molar-refractivity contribution in [3.05, 3.63) is 58.3 Å². The van der Waals surface area contributed by atoms with E-state index in [0.717, 1.165) is 12.1 Å². The number of benzene rings is 1. The molecule has 3 heterocycles. The van der Waals surface area contributed by atoms with Crippen LogP contribution in [-0.2, 0) is 11.2 Å². The van der Waals surface area contributed by atoms with Gasteiger partial charge in [-0.2, -0.15) is 0 Å². The molecule has 1 fully saturated rings. The first-order valence-corrected chi connectivity index (χ1v) is 8.92. The molecule has 1 saturated heterocycles. The van der Waals surface area contributed by atoms with Crippen molar-refractivity contribution < 1.29 is 14.0 Å². The van der Waals surface area contributed by atoms with E-state index in [9.17, 15) is 14.4 Å². The van der Waals surface area contributed by atoms with Crippen LogP contribution in [0.1, 0.15) is 22.5 Å². The maximum atomic E-state index is 12.8. The number of carbonyl (C=O) groups is 2. The number of aromatic amines is 2. The fourth-order valence-corrected chi connectivity index (χ4v) is 3.39. The first-order chi connectivity index (χ1) is 13.1. The number of hydrogen-bond acceptors (Lipinski definition) is 4. The molecule has 1 aliphatic heterocycles. The molecule has 0 saturated carbocycles. The third-order valence-corrected chi connectivity index (χ3v) is 4.81. The number of nitrogens with zero attached hydrogens (tertiary/aromatic N) is 2. The second kappa shape index (κ2) is 7.14. The van der Waals surface area contributed by atoms with Gasteiger partial charge < -0.3 is 19.2 Å². The highest BCUT2D eigenvalue weighted by molar-refractivity contribution is 5.97. The van der Waals surface area contributed by atoms with E-state index in [0.29, 0.717) is 49.3 Å². The first kappa shape index (κ1) is 17.1. The van der Waals surface area contributed by atoms with Gasteiger partial charge in [0.2, 0.25) is 5.91 Å². The average Bonchev–Trinajstić information content (AvgIpc) is 3.21. The lowest BCUT2D eigenvalue weighted by Gasteiger charge is -2.22. The molecule has 0 atom stereocenters. The van der Waals surface area contributed by atoms with Crippen molar-refractivity contribution in [1.29, 1.82) is 0 Å². The van der Waals surface area contributed by atoms with Crippen molar-refractivity contribution in [3.63, 3.8) is 0 Å². The lowest BCUT2D eigenvalue weighted by molar-refractivity contribution is -0.130. The van der Waals surface area contributed by atoms with Crippen LogP contribution in [-0.4, -0.2) is 57.8 Å². The largest absolute Gasteiger partial charge is 0.417 e. The van der Waals surface area contributed by atoms with Crippen molar-refractivity contribution in [2.75, 3.05) is 26.2 Å². The van der Waals surface area contributed by atoms with Crippen LogP contribution in [0, 0.1) is 0 Å². The molecule has 27 heavy (non-hydrogen) atoms. The quantitative estimate of drug-likeness (QED) is 0.729. The predicted octanol–water partition coefficient (Wildman–Crippen LogP) is 1.37. The van der Waals surface area contributed by atoms with Gasteiger partial charge >= 0.3 is 5.76 Å². The van der Waals surface area contributed by atoms with Crippen LogP contribution < -0.4 is 5.76 Å². The van der Waals surface area contributed by atoms with Crippen LogP contribution in [0.5, 0.6) is 0 Å². The Labute approximate surface area is 154 Å². The Morgan fingerprint density at radius 3 is 2.70 bits per heavy atom. The molecule has 8 nitrogen and oxygen atoms in total. The Bertz CT molecular complexity index is 1020. The fraction of sp³-hybridized carbons (Fsp3) is 0.316. The predicted molar refractivity (Wildman–Crippen MR) is 98.4 cm³/mol. The Kier molecular flexibility index (Phi) is 4.53. The average molecular weight is 368 g/mol. The molecule has 1 aromatic carbocycles. The van der Waals surface area contributed by atoms with Crippen LogP contribution in [0.25, 0.3) is 11.1 Å². The number of carbonyl (C=O) groups excluding carboxylic acids is 2. The number of H-pyrrole nitrogens is 2. The molecular weight excluding hydrogens is 348 g/mol. The Balaban J connectivity index is 1.42. The zero-order chi connectivity index (χ0) is 18.8. The number of amides is 2. The summed E-state index contributed by atoms with van der Waals surface area (Å²) in [5.41, 5.74) is 2.31. The molecule has 0 spiro atoms. The molecule has 0 bridgehead atoms. The van der Waals surface area contributed by atoms with Crippen molar-refractivity contribution in [1.82, 2.24) is 19.8 Å². The minimum Gasteiger partial charge on any atom is -0.408 e. The van der Waals surface area contributed by atoms with Crippen LogP contribution in [0.15, 0.2) is 45.7 Å². The molecule has 2 amide bonds. The summed E-state index contributed by atoms with van der Waals surface area (Å²) in [6, 6.07) is 8.66. The number of nitrogens with one attached hydrogen (secondary N) is 2. The summed E-state index contributed by atoms with van der Waals surface area (Å²) in [5, 5.41) is 0. The summed E-state index contributed by atoms with van der Waals surface area (Å²) in [4.78, 5) is 45.7. The van der Waals surface area contributed by atoms with Crippen molar-refractivity contribution in [2.45, 2.75) is 12.8 Å². The molecule has 4 rings (SSSR count). The molecule has 0 radical (unpaired) electrons. The zero-order valence-electron chi connectivity index (χ0n) is 14.7. The third kappa shape index (κ3) is 3.64. The molecule has 0 aliphatic carbocycles. The fourth-order valence-electron chi connectivity index (χ4n) is 3.39. The number of fused-ring (bicyclic) bond motifs is 1. The smallest absolute Gasteiger partial charge is 0.408 e. The molecule has 8 heteroatoms. The van der Waals surface area contributed by atoms with Crippen LogP contribution in [0.4, 0.5) is 0 Å². The molecule has 2 N–H and O–H groups in total. The van der Waals surface area contributed by atoms with Gasteiger partial charge in [-0.05, 0) is 36.8 Å². The first-order valence-electron chi connectivity index (χ1n) is 8.92. The van der Waals surface area contributed by atoms with Gasteiger partial charge in [-0.25, -0.2) is 4.79 Å². The van der Waals surface area contributed by atoms with Gasteiger partial charge in [0.05, 0.1) is 11.9 Å². The van der Waals surface area contributed by atoms with E-state index in [1.165, 1.54) is 0 Å². The van der Waals surface area contributed by atoms with Gasteiger partial charge in [0.15, 0.2) is 5.58 Å². The van der Waals surface area contributed by atoms with Crippen LogP contribution in [0.3, 0.4) is 0 Å². The Hall–Kier alpha value is -3.29. The van der Waals surface area contributed by atoms with Gasteiger partial charge in [-0.1, -0.05) is 0 Å². The molecule has 1 aliphatic rings. The molecule has 2 aromatic heterocycles. The summed E-state index contributed by atoms with van der Waals surface area (Å²) in [6.45, 7) is 2.22. The minimum absolute atomic E-state index is 0.0594. The van der Waals surface area contributed by atoms with Crippen molar-refractivity contribution in [2.24, 2.45) is 0 Å². The molecule has 140 valence electrons. The summed E-state index contributed by atoms with van der Waals surface area (Å²) < 4.78 is 4.97. The summed E-state index contributed by atoms with van der Waals surface area (Å²) >= 11 is 0. The minimum atomic E-state index is -0.541. The van der Waals surface area contributed by atoms with Gasteiger partial charge in [0.1, 0.15) is 0 Å². The lowest BCUT2D eigenvalue weighted by atomic mass is 10.1. The number of aromatic nitrogens is 2. The molecule has 0 unspecified atom stereocenters. The van der Waals surface area contributed by atoms with Gasteiger partial charge in [0, 0.05) is 43.6 Å². The number of rotatable bonds is 3. The standard InChI is InChI=1S/C19H20N4O4/c24-17(12-14-3-1-6-20-14)22-7-2-8-23(10-9-22)18(25)13-4-5-16-15(11-13)21-19(26)27-16/h1,3-6,11,20H,2,7-10,12H2,(H,21,26). The van der Waals surface area contributed by atoms with E-state index in [2.05, 4.69) is 9.97 Å². The highest BCUT2D eigenvalue weighted by Crippen LogP contribution is 2.15. The maximum absolute atomic E-state index is 12.8. The highest BCUT2D eigenvalue weighted by Gasteiger charge is 2.23. The summed E-state index contributed by atoms with van der Waals surface area (Å²) in [6.07, 6.45) is 2.87. The van der Waals surface area contributed by atoms with E-state index >= 15 is 0 Å². The van der Waals surface area contributed by atoms with Crippen LogP contribution in [0.2, 0.25) is 0 Å². The van der Waals surface area contributed by atoms with E-state index in [-0.39, 0.29) is 11.8 Å². The lowest BCUT2D eigenvalue weighted by Crippen LogP contribution is -2.38. The number of oxazole rings is 1. The third-order valence-electron chi connectivity index (χ3n) is 4.81. The van der Waals surface area contributed by atoms with Gasteiger partial charge in [-0.15, -0.1) is 0 Å². The highest BCUT2D eigenvalue weighted by atomic mass is 16.4. The monoisotopic (exact) mass is 368 g/mol. The normalized spacial score (nSPS) is 15.1. The van der Waals surface area contributed by atoms with Gasteiger partial charge in [0.25, 0.3) is 5.91 Å². The SMILES string of the molecule is O=C(Cc1ccc[nH]1)N1CCCN(C(=O)c2ccc3oc(=O)[nH]c3c2)CC1. The summed E-state index contributed by atoms with van der Waals surface area (Å²) in [7, 11) is 0. The van der Waals surface area contributed by atoms with E-state index in [1.807, 2.05) is 17.0 Å². The second-order valence-electron chi connectivity index (χ2n) is 6.62. The summed E-state index contributed by atoms with van der Waals surface area (Å²) in [5.74, 6) is -0.595. The van der Waals surface area contributed by atoms with Gasteiger partial charge in [-0.3, -0.25) is 14.6 Å². The molecule has 3 aromatic rings. The van der Waals surface area contributed by atoms with E-state index < -0.39 is 5.76 Å². The van der Waals surface area contributed by atoms with E-state index in [1.54, 1.807) is 29.3 Å². The topological polar surface area (TPSA) is 102 Å². The number of hydrogen-bond donors (Lipinski definition) is 2. The Morgan fingerprint density at radius 1 is 1.07 bits per heavy atom. The van der Waals surface area contributed by atoms with E-state index in [4.69, 9.17) is 4.42 Å². The van der Waals surface area contributed by atoms with Crippen LogP contribution >= 0.6 is 0 Å². The molecular formula is C19H20N4O4. The van der Waals surface area contributed by atoms with Crippen molar-refractivity contribution in [3.8, 4) is 0 Å². The zero-order valence-corrected chi connectivity index (χ0v) is 14.7. The second-order valence-corrected chi connectivity index (χ2v) is 6.62. The Morgan fingerprint density at radius 2 is 1.89 bits per heavy atom. The maximum Gasteiger partial charge on any atom is 0.417 e.